The molecule has 94 valence electrons. The van der Waals surface area contributed by atoms with Gasteiger partial charge in [0.05, 0.1) is 4.47 Å². The van der Waals surface area contributed by atoms with E-state index in [-0.39, 0.29) is 16.6 Å². The molecule has 1 saturated heterocycles. The van der Waals surface area contributed by atoms with E-state index in [9.17, 15) is 13.2 Å². The van der Waals surface area contributed by atoms with Gasteiger partial charge in [-0.2, -0.15) is 0 Å². The van der Waals surface area contributed by atoms with Gasteiger partial charge in [-0.3, -0.25) is 4.90 Å². The van der Waals surface area contributed by atoms with Crippen molar-refractivity contribution in [2.75, 3.05) is 26.2 Å². The lowest BCUT2D eigenvalue weighted by Gasteiger charge is -2.27. The molecule has 0 amide bonds. The topological polar surface area (TPSA) is 15.3 Å². The molecule has 0 spiro atoms. The van der Waals surface area contributed by atoms with Crippen molar-refractivity contribution in [1.82, 2.24) is 10.2 Å². The van der Waals surface area contributed by atoms with Crippen molar-refractivity contribution in [1.29, 1.82) is 0 Å². The van der Waals surface area contributed by atoms with Crippen LogP contribution in [0.3, 0.4) is 0 Å². The molecule has 0 radical (unpaired) electrons. The van der Waals surface area contributed by atoms with Crippen molar-refractivity contribution >= 4 is 15.9 Å². The maximum absolute atomic E-state index is 13.7. The second-order valence-corrected chi connectivity index (χ2v) is 4.83. The van der Waals surface area contributed by atoms with Crippen molar-refractivity contribution in [2.24, 2.45) is 0 Å². The monoisotopic (exact) mass is 308 g/mol. The predicted molar refractivity (Wildman–Crippen MR) is 62.2 cm³/mol. The van der Waals surface area contributed by atoms with Crippen LogP contribution < -0.4 is 5.32 Å². The molecule has 2 nitrogen and oxygen atoms in total. The quantitative estimate of drug-likeness (QED) is 0.843. The van der Waals surface area contributed by atoms with Crippen LogP contribution in [0.5, 0.6) is 0 Å². The lowest BCUT2D eigenvalue weighted by Crippen LogP contribution is -2.43. The Morgan fingerprint density at radius 1 is 1.18 bits per heavy atom. The summed E-state index contributed by atoms with van der Waals surface area (Å²) in [6, 6.07) is 0.811. The summed E-state index contributed by atoms with van der Waals surface area (Å²) in [5.74, 6) is -2.84. The number of benzene rings is 1. The van der Waals surface area contributed by atoms with E-state index in [4.69, 9.17) is 0 Å². The summed E-state index contributed by atoms with van der Waals surface area (Å²) in [6.45, 7) is 3.05. The molecule has 1 fully saturated rings. The zero-order chi connectivity index (χ0) is 12.4. The predicted octanol–water partition coefficient (Wildman–Crippen LogP) is 2.27. The third-order valence-electron chi connectivity index (χ3n) is 2.79. The average Bonchev–Trinajstić information content (AvgIpc) is 2.33. The van der Waals surface area contributed by atoms with Gasteiger partial charge in [0.25, 0.3) is 0 Å². The summed E-state index contributed by atoms with van der Waals surface area (Å²) in [6.07, 6.45) is 0. The molecule has 1 N–H and O–H groups in total. The molecule has 1 heterocycles. The Labute approximate surface area is 106 Å². The number of nitrogens with one attached hydrogen (secondary N) is 1. The number of rotatable bonds is 2. The molecule has 1 aliphatic heterocycles. The standard InChI is InChI=1S/C11H12BrF3N2/c12-8-5-9(13)11(15)7(10(8)14)6-17-3-1-16-2-4-17/h5,16H,1-4,6H2. The number of halogens is 4. The molecule has 17 heavy (non-hydrogen) atoms. The average molecular weight is 309 g/mol. The molecule has 6 heteroatoms. The van der Waals surface area contributed by atoms with Gasteiger partial charge in [-0.25, -0.2) is 13.2 Å². The third kappa shape index (κ3) is 2.81. The third-order valence-corrected chi connectivity index (χ3v) is 3.37. The fourth-order valence-electron chi connectivity index (χ4n) is 1.85. The van der Waals surface area contributed by atoms with Crippen LogP contribution >= 0.6 is 15.9 Å². The molecule has 0 aromatic heterocycles. The summed E-state index contributed by atoms with van der Waals surface area (Å²) in [4.78, 5) is 1.89. The highest BCUT2D eigenvalue weighted by Gasteiger charge is 2.20. The van der Waals surface area contributed by atoms with E-state index >= 15 is 0 Å². The van der Waals surface area contributed by atoms with Crippen molar-refractivity contribution < 1.29 is 13.2 Å². The van der Waals surface area contributed by atoms with Crippen LogP contribution in [-0.4, -0.2) is 31.1 Å². The first-order chi connectivity index (χ1) is 8.09. The molecule has 1 aromatic rings. The van der Waals surface area contributed by atoms with Gasteiger partial charge < -0.3 is 5.32 Å². The Hall–Kier alpha value is -0.590. The largest absolute Gasteiger partial charge is 0.314 e. The highest BCUT2D eigenvalue weighted by molar-refractivity contribution is 9.10. The zero-order valence-electron chi connectivity index (χ0n) is 9.07. The number of piperazine rings is 1. The van der Waals surface area contributed by atoms with Crippen LogP contribution in [0.25, 0.3) is 0 Å². The van der Waals surface area contributed by atoms with E-state index in [0.717, 1.165) is 19.2 Å². The fourth-order valence-corrected chi connectivity index (χ4v) is 2.29. The van der Waals surface area contributed by atoms with Crippen LogP contribution in [0.4, 0.5) is 13.2 Å². The van der Waals surface area contributed by atoms with E-state index in [2.05, 4.69) is 21.2 Å². The van der Waals surface area contributed by atoms with E-state index in [1.54, 1.807) is 0 Å². The van der Waals surface area contributed by atoms with Gasteiger partial charge in [-0.15, -0.1) is 0 Å². The summed E-state index contributed by atoms with van der Waals surface area (Å²) in [7, 11) is 0. The van der Waals surface area contributed by atoms with Gasteiger partial charge in [-0.05, 0) is 22.0 Å². The molecule has 0 unspecified atom stereocenters. The first-order valence-corrected chi connectivity index (χ1v) is 6.14. The number of hydrogen-bond donors (Lipinski definition) is 1. The summed E-state index contributed by atoms with van der Waals surface area (Å²) in [5, 5.41) is 3.14. The van der Waals surface area contributed by atoms with Gasteiger partial charge in [0, 0.05) is 38.3 Å². The molecule has 1 aromatic carbocycles. The summed E-state index contributed by atoms with van der Waals surface area (Å²) >= 11 is 2.88. The minimum atomic E-state index is -1.09. The highest BCUT2D eigenvalue weighted by atomic mass is 79.9. The van der Waals surface area contributed by atoms with Crippen molar-refractivity contribution in [3.63, 3.8) is 0 Å². The second-order valence-electron chi connectivity index (χ2n) is 3.97. The first kappa shape index (κ1) is 12.9. The van der Waals surface area contributed by atoms with Crippen LogP contribution in [0.1, 0.15) is 5.56 Å². The van der Waals surface area contributed by atoms with E-state index in [0.29, 0.717) is 13.1 Å². The van der Waals surface area contributed by atoms with Gasteiger partial charge in [0.1, 0.15) is 5.82 Å². The van der Waals surface area contributed by atoms with Gasteiger partial charge in [0.2, 0.25) is 0 Å². The first-order valence-electron chi connectivity index (χ1n) is 5.34. The Balaban J connectivity index is 2.24. The van der Waals surface area contributed by atoms with Crippen molar-refractivity contribution in [3.05, 3.63) is 33.6 Å². The molecular weight excluding hydrogens is 297 g/mol. The van der Waals surface area contributed by atoms with Gasteiger partial charge in [0.15, 0.2) is 11.6 Å². The lowest BCUT2D eigenvalue weighted by molar-refractivity contribution is 0.226. The SMILES string of the molecule is Fc1cc(Br)c(F)c(CN2CCNCC2)c1F. The van der Waals surface area contributed by atoms with Crippen molar-refractivity contribution in [2.45, 2.75) is 6.54 Å². The van der Waals surface area contributed by atoms with Gasteiger partial charge in [-0.1, -0.05) is 0 Å². The lowest BCUT2D eigenvalue weighted by atomic mass is 10.1. The Kier molecular flexibility index (Phi) is 4.06. The Morgan fingerprint density at radius 3 is 2.47 bits per heavy atom. The summed E-state index contributed by atoms with van der Waals surface area (Å²) < 4.78 is 40.4. The van der Waals surface area contributed by atoms with Gasteiger partial charge >= 0.3 is 0 Å². The second kappa shape index (κ2) is 5.37. The van der Waals surface area contributed by atoms with E-state index in [1.165, 1.54) is 0 Å². The molecule has 0 saturated carbocycles. The molecule has 0 aliphatic carbocycles. The maximum atomic E-state index is 13.7. The smallest absolute Gasteiger partial charge is 0.166 e. The fraction of sp³-hybridized carbons (Fsp3) is 0.455. The zero-order valence-corrected chi connectivity index (χ0v) is 10.7. The molecule has 0 atom stereocenters. The normalized spacial score (nSPS) is 17.4. The Bertz CT molecular complexity index is 393. The van der Waals surface area contributed by atoms with E-state index < -0.39 is 17.5 Å². The summed E-state index contributed by atoms with van der Waals surface area (Å²) in [5.41, 5.74) is -0.209. The number of hydrogen-bond acceptors (Lipinski definition) is 2. The molecule has 1 aliphatic rings. The molecular formula is C11H12BrF3N2. The molecule has 0 bridgehead atoms. The van der Waals surface area contributed by atoms with Crippen LogP contribution in [0.2, 0.25) is 0 Å². The van der Waals surface area contributed by atoms with Crippen LogP contribution in [-0.2, 0) is 6.54 Å². The Morgan fingerprint density at radius 2 is 1.82 bits per heavy atom. The minimum absolute atomic E-state index is 0.0402. The molecule has 2 rings (SSSR count). The minimum Gasteiger partial charge on any atom is -0.314 e. The van der Waals surface area contributed by atoms with Crippen LogP contribution in [0.15, 0.2) is 10.5 Å². The number of nitrogens with zero attached hydrogens (tertiary/aromatic N) is 1. The van der Waals surface area contributed by atoms with Crippen molar-refractivity contribution in [3.8, 4) is 0 Å². The van der Waals surface area contributed by atoms with Crippen LogP contribution in [0, 0.1) is 17.5 Å². The van der Waals surface area contributed by atoms with E-state index in [1.807, 2.05) is 4.90 Å². The maximum Gasteiger partial charge on any atom is 0.166 e. The highest BCUT2D eigenvalue weighted by Crippen LogP contribution is 2.25.